The van der Waals surface area contributed by atoms with Crippen LogP contribution >= 0.6 is 12.2 Å². The number of phenolic OH excluding ortho intramolecular Hbond substituents is 2. The Morgan fingerprint density at radius 3 is 2.57 bits per heavy atom. The van der Waals surface area contributed by atoms with Crippen molar-refractivity contribution in [1.29, 1.82) is 0 Å². The lowest BCUT2D eigenvalue weighted by Crippen LogP contribution is -2.23. The molecule has 2 aromatic carbocycles. The molecule has 0 saturated carbocycles. The summed E-state index contributed by atoms with van der Waals surface area (Å²) in [5.74, 6) is 0.411. The molecule has 2 aromatic rings. The number of phenols is 2. The summed E-state index contributed by atoms with van der Waals surface area (Å²) in [5, 5.41) is 25.9. The smallest absolute Gasteiger partial charge is 0.191 e. The fraction of sp³-hybridized carbons (Fsp3) is 0.125. The van der Waals surface area contributed by atoms with E-state index in [1.807, 2.05) is 31.2 Å². The number of aromatic hydroxyl groups is 2. The number of hydrogen-bond donors (Lipinski definition) is 4. The summed E-state index contributed by atoms with van der Waals surface area (Å²) in [6.07, 6.45) is 1.48. The van der Waals surface area contributed by atoms with Crippen LogP contribution in [0.25, 0.3) is 0 Å². The first kappa shape index (κ1) is 16.6. The van der Waals surface area contributed by atoms with Crippen LogP contribution in [-0.2, 0) is 0 Å². The number of anilines is 1. The highest BCUT2D eigenvalue weighted by molar-refractivity contribution is 7.80. The van der Waals surface area contributed by atoms with Gasteiger partial charge in [0, 0.05) is 5.69 Å². The standard InChI is InChI=1S/C16H17N3O3S/c1-2-22-13-6-4-12(5-7-13)18-16(23)19-17-10-11-3-8-14(20)15(21)9-11/h3-10,20-21H,2H2,1H3,(H2,18,19,23)/b17-10+. The molecule has 2 rings (SSSR count). The maximum Gasteiger partial charge on any atom is 0.191 e. The van der Waals surface area contributed by atoms with Crippen LogP contribution in [0.15, 0.2) is 47.6 Å². The van der Waals surface area contributed by atoms with Gasteiger partial charge in [-0.25, -0.2) is 0 Å². The molecule has 120 valence electrons. The largest absolute Gasteiger partial charge is 0.504 e. The van der Waals surface area contributed by atoms with E-state index in [-0.39, 0.29) is 11.5 Å². The van der Waals surface area contributed by atoms with Crippen LogP contribution in [0.3, 0.4) is 0 Å². The van der Waals surface area contributed by atoms with Crippen LogP contribution in [0.4, 0.5) is 5.69 Å². The van der Waals surface area contributed by atoms with Gasteiger partial charge in [0.25, 0.3) is 0 Å². The van der Waals surface area contributed by atoms with Crippen molar-refractivity contribution in [2.45, 2.75) is 6.92 Å². The van der Waals surface area contributed by atoms with Crippen LogP contribution in [0, 0.1) is 0 Å². The van der Waals surface area contributed by atoms with Crippen LogP contribution in [-0.4, -0.2) is 28.1 Å². The first-order chi connectivity index (χ1) is 11.1. The zero-order valence-corrected chi connectivity index (χ0v) is 13.3. The zero-order valence-electron chi connectivity index (χ0n) is 12.5. The summed E-state index contributed by atoms with van der Waals surface area (Å²) < 4.78 is 5.36. The number of nitrogens with zero attached hydrogens (tertiary/aromatic N) is 1. The summed E-state index contributed by atoms with van der Waals surface area (Å²) in [6, 6.07) is 11.8. The number of benzene rings is 2. The molecule has 0 spiro atoms. The van der Waals surface area contributed by atoms with Gasteiger partial charge in [-0.2, -0.15) is 5.10 Å². The summed E-state index contributed by atoms with van der Waals surface area (Å²) in [6.45, 7) is 2.55. The highest BCUT2D eigenvalue weighted by Gasteiger charge is 1.99. The Hall–Kier alpha value is -2.80. The first-order valence-corrected chi connectivity index (χ1v) is 7.34. The van der Waals surface area contributed by atoms with Gasteiger partial charge in [-0.3, -0.25) is 5.43 Å². The number of rotatable bonds is 5. The van der Waals surface area contributed by atoms with E-state index in [2.05, 4.69) is 15.8 Å². The van der Waals surface area contributed by atoms with Gasteiger partial charge in [0.05, 0.1) is 12.8 Å². The number of thiocarbonyl (C=S) groups is 1. The quantitative estimate of drug-likeness (QED) is 0.292. The molecule has 0 unspecified atom stereocenters. The normalized spacial score (nSPS) is 10.5. The Morgan fingerprint density at radius 1 is 1.17 bits per heavy atom. The molecule has 23 heavy (non-hydrogen) atoms. The van der Waals surface area contributed by atoms with Crippen molar-refractivity contribution in [2.75, 3.05) is 11.9 Å². The number of hydrogen-bond acceptors (Lipinski definition) is 5. The Morgan fingerprint density at radius 2 is 1.91 bits per heavy atom. The molecule has 0 bridgehead atoms. The van der Waals surface area contributed by atoms with E-state index in [0.29, 0.717) is 17.3 Å². The van der Waals surface area contributed by atoms with Gasteiger partial charge in [-0.15, -0.1) is 0 Å². The molecular formula is C16H17N3O3S. The SMILES string of the molecule is CCOc1ccc(NC(=S)N/N=C/c2ccc(O)c(O)c2)cc1. The van der Waals surface area contributed by atoms with Crippen molar-refractivity contribution in [3.63, 3.8) is 0 Å². The molecule has 4 N–H and O–H groups in total. The Balaban J connectivity index is 1.86. The Kier molecular flexibility index (Phi) is 5.76. The van der Waals surface area contributed by atoms with Gasteiger partial charge >= 0.3 is 0 Å². The average molecular weight is 331 g/mol. The zero-order chi connectivity index (χ0) is 16.7. The van der Waals surface area contributed by atoms with Crippen LogP contribution < -0.4 is 15.5 Å². The van der Waals surface area contributed by atoms with Gasteiger partial charge in [-0.05, 0) is 67.2 Å². The van der Waals surface area contributed by atoms with E-state index < -0.39 is 0 Å². The first-order valence-electron chi connectivity index (χ1n) is 6.93. The molecule has 0 aromatic heterocycles. The van der Waals surface area contributed by atoms with Crippen molar-refractivity contribution in [1.82, 2.24) is 5.43 Å². The minimum atomic E-state index is -0.205. The molecule has 0 aliphatic carbocycles. The minimum Gasteiger partial charge on any atom is -0.504 e. The number of hydrazone groups is 1. The lowest BCUT2D eigenvalue weighted by atomic mass is 10.2. The van der Waals surface area contributed by atoms with E-state index in [1.54, 1.807) is 6.07 Å². The van der Waals surface area contributed by atoms with Crippen molar-refractivity contribution >= 4 is 29.2 Å². The van der Waals surface area contributed by atoms with Gasteiger partial charge in [-0.1, -0.05) is 0 Å². The molecule has 0 atom stereocenters. The fourth-order valence-corrected chi connectivity index (χ4v) is 1.92. The van der Waals surface area contributed by atoms with Crippen LogP contribution in [0.2, 0.25) is 0 Å². The van der Waals surface area contributed by atoms with Gasteiger partial charge in [0.1, 0.15) is 5.75 Å². The van der Waals surface area contributed by atoms with Gasteiger partial charge in [0.2, 0.25) is 0 Å². The van der Waals surface area contributed by atoms with E-state index in [1.165, 1.54) is 18.3 Å². The average Bonchev–Trinajstić information content (AvgIpc) is 2.53. The van der Waals surface area contributed by atoms with E-state index in [4.69, 9.17) is 17.0 Å². The summed E-state index contributed by atoms with van der Waals surface area (Å²) in [7, 11) is 0. The molecule has 0 radical (unpaired) electrons. The lowest BCUT2D eigenvalue weighted by Gasteiger charge is -2.08. The topological polar surface area (TPSA) is 86.1 Å². The Labute approximate surface area is 139 Å². The molecule has 0 fully saturated rings. The summed E-state index contributed by atoms with van der Waals surface area (Å²) >= 11 is 5.13. The highest BCUT2D eigenvalue weighted by Crippen LogP contribution is 2.23. The molecular weight excluding hydrogens is 314 g/mol. The number of nitrogens with one attached hydrogen (secondary N) is 2. The Bertz CT molecular complexity index is 702. The van der Waals surface area contributed by atoms with Gasteiger partial charge in [0.15, 0.2) is 16.6 Å². The van der Waals surface area contributed by atoms with E-state index in [0.717, 1.165) is 11.4 Å². The fourth-order valence-electron chi connectivity index (χ4n) is 1.75. The summed E-state index contributed by atoms with van der Waals surface area (Å²) in [5.41, 5.74) is 4.10. The van der Waals surface area contributed by atoms with Crippen molar-refractivity contribution in [3.05, 3.63) is 48.0 Å². The van der Waals surface area contributed by atoms with E-state index >= 15 is 0 Å². The third kappa shape index (κ3) is 5.15. The third-order valence-electron chi connectivity index (χ3n) is 2.80. The second-order valence-corrected chi connectivity index (χ2v) is 4.94. The second-order valence-electron chi connectivity index (χ2n) is 4.53. The number of ether oxygens (including phenoxy) is 1. The predicted molar refractivity (Wildman–Crippen MR) is 94.3 cm³/mol. The molecule has 0 aliphatic rings. The van der Waals surface area contributed by atoms with Crippen LogP contribution in [0.5, 0.6) is 17.2 Å². The summed E-state index contributed by atoms with van der Waals surface area (Å²) in [4.78, 5) is 0. The van der Waals surface area contributed by atoms with E-state index in [9.17, 15) is 10.2 Å². The van der Waals surface area contributed by atoms with Crippen molar-refractivity contribution in [3.8, 4) is 17.2 Å². The molecule has 0 aliphatic heterocycles. The van der Waals surface area contributed by atoms with Crippen molar-refractivity contribution < 1.29 is 14.9 Å². The minimum absolute atomic E-state index is 0.178. The maximum absolute atomic E-state index is 9.38. The molecule has 6 nitrogen and oxygen atoms in total. The molecule has 0 amide bonds. The second kappa shape index (κ2) is 8.00. The molecule has 0 saturated heterocycles. The van der Waals surface area contributed by atoms with Gasteiger partial charge < -0.3 is 20.3 Å². The molecule has 0 heterocycles. The predicted octanol–water partition coefficient (Wildman–Crippen LogP) is 2.82. The van der Waals surface area contributed by atoms with Crippen molar-refractivity contribution in [2.24, 2.45) is 5.10 Å². The lowest BCUT2D eigenvalue weighted by molar-refractivity contribution is 0.340. The van der Waals surface area contributed by atoms with Crippen LogP contribution in [0.1, 0.15) is 12.5 Å². The third-order valence-corrected chi connectivity index (χ3v) is 3.00. The maximum atomic E-state index is 9.38. The highest BCUT2D eigenvalue weighted by atomic mass is 32.1. The monoisotopic (exact) mass is 331 g/mol. The molecule has 7 heteroatoms.